The summed E-state index contributed by atoms with van der Waals surface area (Å²) in [5.41, 5.74) is 1.03. The molecule has 5 atom stereocenters. The van der Waals surface area contributed by atoms with Gasteiger partial charge in [0.05, 0.1) is 19.3 Å². The molecule has 1 saturated carbocycles. The molecular weight excluding hydrogens is 474 g/mol. The van der Waals surface area contributed by atoms with Crippen molar-refractivity contribution in [2.75, 3.05) is 38.6 Å². The molecule has 3 fully saturated rings. The maximum Gasteiger partial charge on any atom is 0.408 e. The third-order valence-electron chi connectivity index (χ3n) is 7.03. The second kappa shape index (κ2) is 9.21. The van der Waals surface area contributed by atoms with Crippen molar-refractivity contribution in [3.8, 4) is 11.5 Å². The first-order chi connectivity index (χ1) is 16.8. The van der Waals surface area contributed by atoms with Crippen LogP contribution in [0.1, 0.15) is 18.0 Å². The van der Waals surface area contributed by atoms with Gasteiger partial charge in [-0.2, -0.15) is 12.7 Å². The number of amides is 1. The van der Waals surface area contributed by atoms with E-state index in [1.807, 2.05) is 12.1 Å². The Morgan fingerprint density at radius 3 is 2.49 bits per heavy atom. The van der Waals surface area contributed by atoms with Gasteiger partial charge >= 0.3 is 16.3 Å². The maximum atomic E-state index is 12.8. The summed E-state index contributed by atoms with van der Waals surface area (Å²) >= 11 is 0. The van der Waals surface area contributed by atoms with Crippen molar-refractivity contribution in [2.24, 2.45) is 11.8 Å². The fourth-order valence-corrected chi connectivity index (χ4v) is 6.48. The number of benzene rings is 2. The van der Waals surface area contributed by atoms with Crippen LogP contribution in [0.4, 0.5) is 10.5 Å². The lowest BCUT2D eigenvalue weighted by Gasteiger charge is -2.28. The number of likely N-dealkylation sites (tertiary alicyclic amines) is 1. The number of hydrogen-bond acceptors (Lipinski definition) is 6. The summed E-state index contributed by atoms with van der Waals surface area (Å²) in [6.45, 7) is 1.22. The van der Waals surface area contributed by atoms with Crippen LogP contribution in [0.15, 0.2) is 48.5 Å². The molecule has 3 unspecified atom stereocenters. The van der Waals surface area contributed by atoms with Crippen LogP contribution in [0.2, 0.25) is 0 Å². The second-order valence-electron chi connectivity index (χ2n) is 9.19. The molecule has 1 aliphatic carbocycles. The van der Waals surface area contributed by atoms with Crippen LogP contribution in [0, 0.1) is 11.8 Å². The molecule has 0 aromatic heterocycles. The van der Waals surface area contributed by atoms with Crippen molar-refractivity contribution in [3.05, 3.63) is 54.1 Å². The van der Waals surface area contributed by atoms with E-state index in [0.717, 1.165) is 6.42 Å². The zero-order valence-electron chi connectivity index (χ0n) is 19.5. The lowest BCUT2D eigenvalue weighted by Crippen LogP contribution is -2.36. The smallest absolute Gasteiger partial charge is 0.408 e. The highest BCUT2D eigenvalue weighted by atomic mass is 32.2. The van der Waals surface area contributed by atoms with Gasteiger partial charge in [-0.05, 0) is 36.5 Å². The molecule has 1 amide bonds. The Kier molecular flexibility index (Phi) is 6.24. The Morgan fingerprint density at radius 1 is 1.06 bits per heavy atom. The van der Waals surface area contributed by atoms with Gasteiger partial charge in [-0.1, -0.05) is 24.3 Å². The number of para-hydroxylation sites is 1. The van der Waals surface area contributed by atoms with Crippen molar-refractivity contribution >= 4 is 22.0 Å². The van der Waals surface area contributed by atoms with E-state index in [9.17, 15) is 18.3 Å². The van der Waals surface area contributed by atoms with E-state index in [1.54, 1.807) is 36.4 Å². The molecule has 188 valence electrons. The third kappa shape index (κ3) is 4.63. The number of fused-ring (bicyclic) bond motifs is 1. The normalized spacial score (nSPS) is 27.9. The van der Waals surface area contributed by atoms with Gasteiger partial charge in [-0.25, -0.2) is 4.79 Å². The quantitative estimate of drug-likeness (QED) is 0.569. The fourth-order valence-electron chi connectivity index (χ4n) is 5.15. The molecule has 2 N–H and O–H groups in total. The zero-order valence-corrected chi connectivity index (χ0v) is 20.3. The Morgan fingerprint density at radius 2 is 1.80 bits per heavy atom. The number of piperidine rings is 1. The monoisotopic (exact) mass is 503 g/mol. The Labute approximate surface area is 204 Å². The van der Waals surface area contributed by atoms with Gasteiger partial charge in [-0.15, -0.1) is 0 Å². The highest BCUT2D eigenvalue weighted by Gasteiger charge is 2.49. The van der Waals surface area contributed by atoms with Gasteiger partial charge in [-0.3, -0.25) is 9.62 Å². The van der Waals surface area contributed by atoms with Crippen LogP contribution in [-0.2, 0) is 14.9 Å². The van der Waals surface area contributed by atoms with Gasteiger partial charge in [0.1, 0.15) is 23.6 Å². The average Bonchev–Trinajstić information content (AvgIpc) is 3.27. The first kappa shape index (κ1) is 23.7. The predicted molar refractivity (Wildman–Crippen MR) is 128 cm³/mol. The van der Waals surface area contributed by atoms with Crippen LogP contribution < -0.4 is 14.2 Å². The van der Waals surface area contributed by atoms with Gasteiger partial charge in [0.2, 0.25) is 0 Å². The van der Waals surface area contributed by atoms with E-state index in [1.165, 1.54) is 23.4 Å². The van der Waals surface area contributed by atoms with Gasteiger partial charge in [0, 0.05) is 31.8 Å². The molecule has 0 spiro atoms. The first-order valence-electron chi connectivity index (χ1n) is 11.5. The summed E-state index contributed by atoms with van der Waals surface area (Å²) in [6.07, 6.45) is -1.22. The highest BCUT2D eigenvalue weighted by Crippen LogP contribution is 2.46. The molecule has 2 saturated heterocycles. The van der Waals surface area contributed by atoms with Gasteiger partial charge in [0.25, 0.3) is 0 Å². The highest BCUT2D eigenvalue weighted by molar-refractivity contribution is 7.90. The number of anilines is 1. The van der Waals surface area contributed by atoms with Crippen molar-refractivity contribution in [3.63, 3.8) is 0 Å². The maximum absolute atomic E-state index is 12.8. The average molecular weight is 504 g/mol. The molecule has 2 aromatic rings. The number of methoxy groups -OCH3 is 2. The van der Waals surface area contributed by atoms with Crippen LogP contribution in [0.5, 0.6) is 11.5 Å². The van der Waals surface area contributed by atoms with Crippen LogP contribution in [0.3, 0.4) is 0 Å². The number of carboxylic acid groups (broad SMARTS) is 1. The molecular formula is C24H29N3O7S. The molecule has 3 aliphatic rings. The van der Waals surface area contributed by atoms with Crippen LogP contribution in [-0.4, -0.2) is 74.9 Å². The SMILES string of the molecule is COc1ccccc1C1[C@@H](Oc2cccc(NS(=O)(=O)N3CC4CC4C3)c2)[C@H](OC)CN1C(=O)O. The number of nitrogens with zero attached hydrogens (tertiary/aromatic N) is 2. The van der Waals surface area contributed by atoms with E-state index in [-0.39, 0.29) is 6.54 Å². The molecule has 0 radical (unpaired) electrons. The minimum atomic E-state index is -3.66. The molecule has 11 heteroatoms. The zero-order chi connectivity index (χ0) is 24.7. The molecule has 0 bridgehead atoms. The van der Waals surface area contributed by atoms with Crippen molar-refractivity contribution in [1.29, 1.82) is 0 Å². The van der Waals surface area contributed by atoms with E-state index in [2.05, 4.69) is 4.72 Å². The van der Waals surface area contributed by atoms with Crippen LogP contribution in [0.25, 0.3) is 0 Å². The Hall–Kier alpha value is -3.02. The topological polar surface area (TPSA) is 118 Å². The summed E-state index contributed by atoms with van der Waals surface area (Å²) in [7, 11) is -0.617. The van der Waals surface area contributed by atoms with E-state index >= 15 is 0 Å². The Bertz CT molecular complexity index is 1200. The lowest BCUT2D eigenvalue weighted by molar-refractivity contribution is 0.0226. The van der Waals surface area contributed by atoms with Crippen molar-refractivity contribution in [1.82, 2.24) is 9.21 Å². The molecule has 2 aliphatic heterocycles. The minimum absolute atomic E-state index is 0.114. The summed E-state index contributed by atoms with van der Waals surface area (Å²) < 4.78 is 47.2. The van der Waals surface area contributed by atoms with Crippen molar-refractivity contribution in [2.45, 2.75) is 24.7 Å². The number of carbonyl (C=O) groups is 1. The van der Waals surface area contributed by atoms with Crippen molar-refractivity contribution < 1.29 is 32.5 Å². The summed E-state index contributed by atoms with van der Waals surface area (Å²) in [5, 5.41) is 9.90. The number of rotatable bonds is 8. The molecule has 5 rings (SSSR count). The number of nitrogens with one attached hydrogen (secondary N) is 1. The molecule has 2 aromatic carbocycles. The Balaban J connectivity index is 1.40. The third-order valence-corrected chi connectivity index (χ3v) is 8.51. The predicted octanol–water partition coefficient (Wildman–Crippen LogP) is 2.80. The van der Waals surface area contributed by atoms with E-state index in [4.69, 9.17) is 14.2 Å². The van der Waals surface area contributed by atoms with Crippen LogP contribution >= 0.6 is 0 Å². The fraction of sp³-hybridized carbons (Fsp3) is 0.458. The molecule has 2 heterocycles. The standard InChI is InChI=1S/C24H29N3O7S/c1-32-20-9-4-3-8-19(20)22-23(21(33-2)14-27(22)24(28)29)34-18-7-5-6-17(11-18)25-35(30,31)26-12-15-10-16(15)13-26/h3-9,11,15-16,21-23,25H,10,12-14H2,1-2H3,(H,28,29)/t15?,16?,21-,22?,23+/m1/s1. The molecule has 10 nitrogen and oxygen atoms in total. The largest absolute Gasteiger partial charge is 0.496 e. The minimum Gasteiger partial charge on any atom is -0.496 e. The summed E-state index contributed by atoms with van der Waals surface area (Å²) in [5.74, 6) is 1.91. The summed E-state index contributed by atoms with van der Waals surface area (Å²) in [4.78, 5) is 13.4. The second-order valence-corrected chi connectivity index (χ2v) is 10.9. The van der Waals surface area contributed by atoms with Gasteiger partial charge in [0.15, 0.2) is 6.10 Å². The van der Waals surface area contributed by atoms with E-state index in [0.29, 0.717) is 47.7 Å². The summed E-state index contributed by atoms with van der Waals surface area (Å²) in [6, 6.07) is 13.2. The lowest BCUT2D eigenvalue weighted by atomic mass is 10.00. The first-order valence-corrected chi connectivity index (χ1v) is 12.9. The van der Waals surface area contributed by atoms with Gasteiger partial charge < -0.3 is 19.3 Å². The number of ether oxygens (including phenoxy) is 3. The number of hydrogen-bond donors (Lipinski definition) is 2. The molecule has 35 heavy (non-hydrogen) atoms. The van der Waals surface area contributed by atoms with E-state index < -0.39 is 34.6 Å².